The van der Waals surface area contributed by atoms with E-state index in [-0.39, 0.29) is 5.56 Å². The lowest BCUT2D eigenvalue weighted by Gasteiger charge is -2.13. The Labute approximate surface area is 97.3 Å². The van der Waals surface area contributed by atoms with Crippen molar-refractivity contribution >= 4 is 0 Å². The van der Waals surface area contributed by atoms with Crippen molar-refractivity contribution in [1.29, 1.82) is 0 Å². The number of rotatable bonds is 1. The van der Waals surface area contributed by atoms with Crippen LogP contribution in [0.3, 0.4) is 0 Å². The summed E-state index contributed by atoms with van der Waals surface area (Å²) in [5.74, 6) is 0. The van der Waals surface area contributed by atoms with Gasteiger partial charge in [-0.3, -0.25) is 0 Å². The Hall–Kier alpha value is -1.71. The van der Waals surface area contributed by atoms with E-state index >= 15 is 0 Å². The Balaban J connectivity index is 2.69. The molecule has 0 aliphatic rings. The Morgan fingerprint density at radius 2 is 1.71 bits per heavy atom. The van der Waals surface area contributed by atoms with Crippen LogP contribution in [0.4, 0.5) is 13.2 Å². The van der Waals surface area contributed by atoms with Crippen LogP contribution in [0, 0.1) is 13.8 Å². The van der Waals surface area contributed by atoms with Gasteiger partial charge < -0.3 is 4.98 Å². The van der Waals surface area contributed by atoms with Crippen molar-refractivity contribution < 1.29 is 13.2 Å². The highest BCUT2D eigenvalue weighted by atomic mass is 19.4. The molecule has 0 amide bonds. The zero-order valence-electron chi connectivity index (χ0n) is 9.52. The second-order valence-electron chi connectivity index (χ2n) is 4.02. The number of nitrogens with one attached hydrogen (secondary N) is 1. The minimum absolute atomic E-state index is 0.233. The fourth-order valence-electron chi connectivity index (χ4n) is 2.02. The van der Waals surface area contributed by atoms with Crippen LogP contribution in [-0.4, -0.2) is 4.98 Å². The number of aryl methyl sites for hydroxylation is 2. The molecule has 1 aromatic carbocycles. The zero-order valence-corrected chi connectivity index (χ0v) is 9.52. The number of H-pyrrole nitrogens is 1. The molecular weight excluding hydrogens is 227 g/mol. The highest BCUT2D eigenvalue weighted by Crippen LogP contribution is 2.38. The molecule has 0 saturated heterocycles. The Kier molecular flexibility index (Phi) is 2.73. The van der Waals surface area contributed by atoms with E-state index in [1.807, 2.05) is 0 Å². The number of benzene rings is 1. The van der Waals surface area contributed by atoms with Gasteiger partial charge in [-0.25, -0.2) is 0 Å². The Morgan fingerprint density at radius 1 is 1.06 bits per heavy atom. The van der Waals surface area contributed by atoms with Gasteiger partial charge in [-0.1, -0.05) is 18.2 Å². The van der Waals surface area contributed by atoms with Crippen LogP contribution < -0.4 is 0 Å². The van der Waals surface area contributed by atoms with Gasteiger partial charge in [0.1, 0.15) is 0 Å². The van der Waals surface area contributed by atoms with Crippen LogP contribution in [0.25, 0.3) is 11.1 Å². The first kappa shape index (κ1) is 11.8. The maximum atomic E-state index is 12.9. The SMILES string of the molecule is Cc1c[nH]c(C)c1-c1ccccc1C(F)(F)F. The van der Waals surface area contributed by atoms with Crippen molar-refractivity contribution in [2.75, 3.05) is 0 Å². The fraction of sp³-hybridized carbons (Fsp3) is 0.231. The smallest absolute Gasteiger partial charge is 0.364 e. The molecule has 1 heterocycles. The molecule has 4 heteroatoms. The predicted molar refractivity (Wildman–Crippen MR) is 60.7 cm³/mol. The molecule has 0 saturated carbocycles. The van der Waals surface area contributed by atoms with Crippen LogP contribution in [0.5, 0.6) is 0 Å². The number of halogens is 3. The average molecular weight is 239 g/mol. The first-order valence-corrected chi connectivity index (χ1v) is 5.22. The molecule has 0 unspecified atom stereocenters. The molecule has 17 heavy (non-hydrogen) atoms. The lowest BCUT2D eigenvalue weighted by atomic mass is 9.97. The van der Waals surface area contributed by atoms with E-state index in [4.69, 9.17) is 0 Å². The van der Waals surface area contributed by atoms with Crippen LogP contribution >= 0.6 is 0 Å². The van der Waals surface area contributed by atoms with E-state index in [2.05, 4.69) is 4.98 Å². The summed E-state index contributed by atoms with van der Waals surface area (Å²) in [5.41, 5.74) is 1.85. The minimum atomic E-state index is -4.33. The van der Waals surface area contributed by atoms with Crippen LogP contribution in [0.1, 0.15) is 16.8 Å². The molecule has 1 N–H and O–H groups in total. The van der Waals surface area contributed by atoms with Crippen LogP contribution in [0.15, 0.2) is 30.5 Å². The molecular formula is C13H12F3N. The molecule has 0 aliphatic carbocycles. The predicted octanol–water partition coefficient (Wildman–Crippen LogP) is 4.32. The number of aromatic nitrogens is 1. The molecule has 0 bridgehead atoms. The van der Waals surface area contributed by atoms with Crippen LogP contribution in [0.2, 0.25) is 0 Å². The van der Waals surface area contributed by atoms with E-state index in [1.54, 1.807) is 26.1 Å². The number of alkyl halides is 3. The van der Waals surface area contributed by atoms with Crippen LogP contribution in [-0.2, 0) is 6.18 Å². The monoisotopic (exact) mass is 239 g/mol. The second-order valence-corrected chi connectivity index (χ2v) is 4.02. The third-order valence-corrected chi connectivity index (χ3v) is 2.78. The fourth-order valence-corrected chi connectivity index (χ4v) is 2.02. The van der Waals surface area contributed by atoms with E-state index in [1.165, 1.54) is 12.1 Å². The van der Waals surface area contributed by atoms with Gasteiger partial charge in [0.25, 0.3) is 0 Å². The molecule has 1 nitrogen and oxygen atoms in total. The summed E-state index contributed by atoms with van der Waals surface area (Å²) >= 11 is 0. The van der Waals surface area contributed by atoms with Gasteiger partial charge in [-0.15, -0.1) is 0 Å². The van der Waals surface area contributed by atoms with Gasteiger partial charge in [0.2, 0.25) is 0 Å². The molecule has 0 aliphatic heterocycles. The van der Waals surface area contributed by atoms with Gasteiger partial charge in [0, 0.05) is 17.5 Å². The maximum absolute atomic E-state index is 12.9. The van der Waals surface area contributed by atoms with Crippen molar-refractivity contribution in [2.24, 2.45) is 0 Å². The van der Waals surface area contributed by atoms with E-state index in [0.717, 1.165) is 17.3 Å². The normalized spacial score (nSPS) is 11.8. The standard InChI is InChI=1S/C13H12F3N/c1-8-7-17-9(2)12(8)10-5-3-4-6-11(10)13(14,15)16/h3-7,17H,1-2H3. The molecule has 0 radical (unpaired) electrons. The Morgan fingerprint density at radius 3 is 2.24 bits per heavy atom. The molecule has 0 atom stereocenters. The molecule has 0 fully saturated rings. The number of hydrogen-bond donors (Lipinski definition) is 1. The first-order chi connectivity index (χ1) is 7.91. The van der Waals surface area contributed by atoms with Gasteiger partial charge in [-0.05, 0) is 31.0 Å². The quantitative estimate of drug-likeness (QED) is 0.762. The largest absolute Gasteiger partial charge is 0.417 e. The highest BCUT2D eigenvalue weighted by molar-refractivity contribution is 5.73. The summed E-state index contributed by atoms with van der Waals surface area (Å²) in [6.07, 6.45) is -2.61. The highest BCUT2D eigenvalue weighted by Gasteiger charge is 2.33. The van der Waals surface area contributed by atoms with Crippen molar-refractivity contribution in [3.63, 3.8) is 0 Å². The second kappa shape index (κ2) is 3.95. The summed E-state index contributed by atoms with van der Waals surface area (Å²) in [7, 11) is 0. The molecule has 2 aromatic rings. The molecule has 0 spiro atoms. The molecule has 90 valence electrons. The van der Waals surface area contributed by atoms with Gasteiger partial charge in [-0.2, -0.15) is 13.2 Å². The van der Waals surface area contributed by atoms with E-state index in [0.29, 0.717) is 5.56 Å². The summed E-state index contributed by atoms with van der Waals surface area (Å²) < 4.78 is 38.7. The average Bonchev–Trinajstić information content (AvgIpc) is 2.57. The minimum Gasteiger partial charge on any atom is -0.364 e. The Bertz CT molecular complexity index is 518. The summed E-state index contributed by atoms with van der Waals surface area (Å²) in [4.78, 5) is 2.95. The van der Waals surface area contributed by atoms with Crippen molar-refractivity contribution in [3.05, 3.63) is 47.3 Å². The summed E-state index contributed by atoms with van der Waals surface area (Å²) in [6.45, 7) is 3.57. The molecule has 1 aromatic heterocycles. The summed E-state index contributed by atoms with van der Waals surface area (Å²) in [5, 5.41) is 0. The summed E-state index contributed by atoms with van der Waals surface area (Å²) in [6, 6.07) is 5.65. The van der Waals surface area contributed by atoms with Crippen molar-refractivity contribution in [1.82, 2.24) is 4.98 Å². The van der Waals surface area contributed by atoms with E-state index in [9.17, 15) is 13.2 Å². The van der Waals surface area contributed by atoms with Gasteiger partial charge in [0.15, 0.2) is 0 Å². The van der Waals surface area contributed by atoms with Crippen molar-refractivity contribution in [3.8, 4) is 11.1 Å². The molecule has 2 rings (SSSR count). The van der Waals surface area contributed by atoms with Gasteiger partial charge >= 0.3 is 6.18 Å². The maximum Gasteiger partial charge on any atom is 0.417 e. The lowest BCUT2D eigenvalue weighted by Crippen LogP contribution is -2.07. The third kappa shape index (κ3) is 2.07. The first-order valence-electron chi connectivity index (χ1n) is 5.22. The van der Waals surface area contributed by atoms with E-state index < -0.39 is 11.7 Å². The topological polar surface area (TPSA) is 15.8 Å². The zero-order chi connectivity index (χ0) is 12.6. The number of hydrogen-bond acceptors (Lipinski definition) is 0. The van der Waals surface area contributed by atoms with Crippen molar-refractivity contribution in [2.45, 2.75) is 20.0 Å². The van der Waals surface area contributed by atoms with Gasteiger partial charge in [0.05, 0.1) is 5.56 Å². The third-order valence-electron chi connectivity index (χ3n) is 2.78. The lowest BCUT2D eigenvalue weighted by molar-refractivity contribution is -0.137. The number of aromatic amines is 1.